The van der Waals surface area contributed by atoms with Gasteiger partial charge < -0.3 is 10.3 Å². The van der Waals surface area contributed by atoms with Crippen LogP contribution in [0, 0.1) is 0 Å². The molecule has 2 aromatic rings. The van der Waals surface area contributed by atoms with Gasteiger partial charge in [-0.2, -0.15) is 0 Å². The number of carbonyl (C=O) groups is 1. The second-order valence-electron chi connectivity index (χ2n) is 3.73. The summed E-state index contributed by atoms with van der Waals surface area (Å²) in [4.78, 5) is 16.6. The molecule has 90 valence electrons. The van der Waals surface area contributed by atoms with E-state index in [1.807, 2.05) is 24.6 Å². The number of nitrogens with zero attached hydrogens (tertiary/aromatic N) is 2. The normalized spacial score (nSPS) is 12.5. The van der Waals surface area contributed by atoms with Gasteiger partial charge in [0.05, 0.1) is 18.2 Å². The Morgan fingerprint density at radius 2 is 2.53 bits per heavy atom. The van der Waals surface area contributed by atoms with Gasteiger partial charge in [-0.3, -0.25) is 10.1 Å². The van der Waals surface area contributed by atoms with Crippen LogP contribution in [0.5, 0.6) is 0 Å². The van der Waals surface area contributed by atoms with Gasteiger partial charge in [-0.25, -0.2) is 4.98 Å². The zero-order chi connectivity index (χ0) is 12.3. The summed E-state index contributed by atoms with van der Waals surface area (Å²) in [7, 11) is 1.84. The van der Waals surface area contributed by atoms with Gasteiger partial charge in [0.2, 0.25) is 5.91 Å². The van der Waals surface area contributed by atoms with Gasteiger partial charge in [-0.1, -0.05) is 6.07 Å². The van der Waals surface area contributed by atoms with Crippen LogP contribution in [0.1, 0.15) is 16.6 Å². The summed E-state index contributed by atoms with van der Waals surface area (Å²) in [5.41, 5.74) is 6.17. The van der Waals surface area contributed by atoms with Crippen LogP contribution in [0.15, 0.2) is 30.0 Å². The fraction of sp³-hybridized carbons (Fsp3) is 0.273. The van der Waals surface area contributed by atoms with E-state index in [0.29, 0.717) is 6.54 Å². The minimum atomic E-state index is -0.510. The Labute approximate surface area is 103 Å². The van der Waals surface area contributed by atoms with Crippen LogP contribution < -0.4 is 11.1 Å². The van der Waals surface area contributed by atoms with E-state index in [1.54, 1.807) is 28.4 Å². The molecule has 0 aliphatic carbocycles. The van der Waals surface area contributed by atoms with Crippen LogP contribution in [0.3, 0.4) is 0 Å². The highest BCUT2D eigenvalue weighted by atomic mass is 32.1. The first kappa shape index (κ1) is 11.8. The lowest BCUT2D eigenvalue weighted by atomic mass is 10.2. The quantitative estimate of drug-likeness (QED) is 0.824. The largest absolute Gasteiger partial charge is 0.368 e. The summed E-state index contributed by atoms with van der Waals surface area (Å²) in [6.07, 6.45) is 3.30. The van der Waals surface area contributed by atoms with Gasteiger partial charge in [-0.05, 0) is 11.4 Å². The number of nitrogens with one attached hydrogen (secondary N) is 1. The predicted octanol–water partition coefficient (Wildman–Crippen LogP) is 0.798. The Balaban J connectivity index is 2.09. The molecule has 1 unspecified atom stereocenters. The molecule has 6 heteroatoms. The third kappa shape index (κ3) is 2.72. The van der Waals surface area contributed by atoms with E-state index in [4.69, 9.17) is 5.73 Å². The first-order valence-corrected chi connectivity index (χ1v) is 6.07. The molecular weight excluding hydrogens is 236 g/mol. The minimum Gasteiger partial charge on any atom is -0.368 e. The van der Waals surface area contributed by atoms with Crippen LogP contribution in [0.4, 0.5) is 0 Å². The molecule has 3 N–H and O–H groups in total. The van der Waals surface area contributed by atoms with Crippen molar-refractivity contribution in [2.75, 3.05) is 0 Å². The smallest absolute Gasteiger partial charge is 0.240 e. The lowest BCUT2D eigenvalue weighted by molar-refractivity contribution is -0.120. The zero-order valence-electron chi connectivity index (χ0n) is 9.46. The zero-order valence-corrected chi connectivity index (χ0v) is 10.3. The summed E-state index contributed by atoms with van der Waals surface area (Å²) in [6, 6.07) is 3.48. The molecule has 0 bridgehead atoms. The number of thiophene rings is 1. The van der Waals surface area contributed by atoms with Crippen molar-refractivity contribution in [3.63, 3.8) is 0 Å². The second-order valence-corrected chi connectivity index (χ2v) is 4.76. The van der Waals surface area contributed by atoms with Crippen LogP contribution in [-0.4, -0.2) is 15.5 Å². The van der Waals surface area contributed by atoms with E-state index in [2.05, 4.69) is 10.3 Å². The van der Waals surface area contributed by atoms with E-state index in [9.17, 15) is 4.79 Å². The molecule has 0 aliphatic heterocycles. The third-order valence-electron chi connectivity index (χ3n) is 2.49. The van der Waals surface area contributed by atoms with Crippen molar-refractivity contribution >= 4 is 17.2 Å². The lowest BCUT2D eigenvalue weighted by Gasteiger charge is -2.15. The molecule has 17 heavy (non-hydrogen) atoms. The Hall–Kier alpha value is -1.66. The molecule has 1 amide bonds. The molecule has 0 radical (unpaired) electrons. The van der Waals surface area contributed by atoms with Gasteiger partial charge in [0, 0.05) is 18.5 Å². The Morgan fingerprint density at radius 3 is 3.06 bits per heavy atom. The highest BCUT2D eigenvalue weighted by Gasteiger charge is 2.20. The standard InChI is InChI=1S/C11H14N4OS/c1-15-7-13-6-9(15)10(11(12)16)14-5-8-3-2-4-17-8/h2-4,6-7,10,14H,5H2,1H3,(H2,12,16). The van der Waals surface area contributed by atoms with Crippen molar-refractivity contribution in [3.8, 4) is 0 Å². The maximum atomic E-state index is 11.4. The molecule has 5 nitrogen and oxygen atoms in total. The minimum absolute atomic E-state index is 0.398. The lowest BCUT2D eigenvalue weighted by Crippen LogP contribution is -2.34. The van der Waals surface area contributed by atoms with Gasteiger partial charge in [0.25, 0.3) is 0 Å². The highest BCUT2D eigenvalue weighted by molar-refractivity contribution is 7.09. The van der Waals surface area contributed by atoms with E-state index in [-0.39, 0.29) is 0 Å². The maximum Gasteiger partial charge on any atom is 0.240 e. The van der Waals surface area contributed by atoms with Gasteiger partial charge >= 0.3 is 0 Å². The van der Waals surface area contributed by atoms with Crippen LogP contribution in [0.2, 0.25) is 0 Å². The number of hydrogen-bond acceptors (Lipinski definition) is 4. The first-order valence-electron chi connectivity index (χ1n) is 5.20. The molecule has 0 saturated carbocycles. The van der Waals surface area contributed by atoms with Crippen molar-refractivity contribution in [2.24, 2.45) is 12.8 Å². The van der Waals surface area contributed by atoms with Crippen molar-refractivity contribution in [3.05, 3.63) is 40.6 Å². The molecule has 0 saturated heterocycles. The Morgan fingerprint density at radius 1 is 1.71 bits per heavy atom. The topological polar surface area (TPSA) is 72.9 Å². The fourth-order valence-corrected chi connectivity index (χ4v) is 2.27. The summed E-state index contributed by atoms with van der Waals surface area (Å²) >= 11 is 1.64. The van der Waals surface area contributed by atoms with Gasteiger partial charge in [0.15, 0.2) is 0 Å². The van der Waals surface area contributed by atoms with Crippen molar-refractivity contribution in [2.45, 2.75) is 12.6 Å². The van der Waals surface area contributed by atoms with E-state index < -0.39 is 11.9 Å². The maximum absolute atomic E-state index is 11.4. The number of hydrogen-bond donors (Lipinski definition) is 2. The molecule has 0 aliphatic rings. The molecule has 0 fully saturated rings. The first-order chi connectivity index (χ1) is 8.18. The predicted molar refractivity (Wildman–Crippen MR) is 66.3 cm³/mol. The molecule has 0 spiro atoms. The second kappa shape index (κ2) is 5.11. The number of amides is 1. The number of rotatable bonds is 5. The number of carbonyl (C=O) groups excluding carboxylic acids is 1. The number of nitrogens with two attached hydrogens (primary N) is 1. The number of imidazole rings is 1. The van der Waals surface area contributed by atoms with Gasteiger partial charge in [-0.15, -0.1) is 11.3 Å². The summed E-state index contributed by atoms with van der Waals surface area (Å²) in [5, 5.41) is 5.14. The molecule has 2 rings (SSSR count). The third-order valence-corrected chi connectivity index (χ3v) is 3.37. The van der Waals surface area contributed by atoms with Crippen LogP contribution in [0.25, 0.3) is 0 Å². The molecule has 1 atom stereocenters. The van der Waals surface area contributed by atoms with Crippen molar-refractivity contribution in [1.29, 1.82) is 0 Å². The van der Waals surface area contributed by atoms with Crippen molar-refractivity contribution in [1.82, 2.24) is 14.9 Å². The number of aromatic nitrogens is 2. The molecule has 2 aromatic heterocycles. The Kier molecular flexibility index (Phi) is 3.55. The fourth-order valence-electron chi connectivity index (χ4n) is 1.61. The average Bonchev–Trinajstić information content (AvgIpc) is 2.91. The summed E-state index contributed by atoms with van der Waals surface area (Å²) < 4.78 is 1.79. The van der Waals surface area contributed by atoms with E-state index >= 15 is 0 Å². The summed E-state index contributed by atoms with van der Waals surface area (Å²) in [5.74, 6) is -0.398. The summed E-state index contributed by atoms with van der Waals surface area (Å²) in [6.45, 7) is 0.621. The number of primary amides is 1. The molecular formula is C11H14N4OS. The number of aryl methyl sites for hydroxylation is 1. The Bertz CT molecular complexity index is 491. The van der Waals surface area contributed by atoms with Crippen molar-refractivity contribution < 1.29 is 4.79 Å². The SMILES string of the molecule is Cn1cncc1C(NCc1cccs1)C(N)=O. The van der Waals surface area contributed by atoms with E-state index in [1.165, 1.54) is 4.88 Å². The van der Waals surface area contributed by atoms with Crippen LogP contribution in [-0.2, 0) is 18.4 Å². The molecule has 2 heterocycles. The highest BCUT2D eigenvalue weighted by Crippen LogP contribution is 2.14. The average molecular weight is 250 g/mol. The van der Waals surface area contributed by atoms with Gasteiger partial charge in [0.1, 0.15) is 6.04 Å². The van der Waals surface area contributed by atoms with Crippen LogP contribution >= 0.6 is 11.3 Å². The monoisotopic (exact) mass is 250 g/mol. The molecule has 0 aromatic carbocycles. The van der Waals surface area contributed by atoms with E-state index in [0.717, 1.165) is 5.69 Å².